The van der Waals surface area contributed by atoms with Crippen LogP contribution in [0.2, 0.25) is 0 Å². The third-order valence-electron chi connectivity index (χ3n) is 6.89. The average Bonchev–Trinajstić information content (AvgIpc) is 3.26. The molecule has 28 heavy (non-hydrogen) atoms. The van der Waals surface area contributed by atoms with E-state index in [0.717, 1.165) is 62.9 Å². The summed E-state index contributed by atoms with van der Waals surface area (Å²) in [6, 6.07) is 0.419. The molecule has 2 fully saturated rings. The van der Waals surface area contributed by atoms with Crippen LogP contribution in [0.1, 0.15) is 68.1 Å². The van der Waals surface area contributed by atoms with Crippen molar-refractivity contribution in [2.75, 3.05) is 18.4 Å². The van der Waals surface area contributed by atoms with E-state index in [0.29, 0.717) is 6.04 Å². The molecule has 0 radical (unpaired) electrons. The molecule has 0 aromatic carbocycles. The first-order valence-electron chi connectivity index (χ1n) is 11.1. The maximum Gasteiger partial charge on any atom is 0.146 e. The summed E-state index contributed by atoms with van der Waals surface area (Å²) in [5.74, 6) is 2.88. The Hall–Kier alpha value is -1.24. The third-order valence-corrected chi connectivity index (χ3v) is 8.08. The number of aromatic nitrogens is 2. The molecule has 1 saturated heterocycles. The van der Waals surface area contributed by atoms with Crippen molar-refractivity contribution in [1.82, 2.24) is 14.9 Å². The quantitative estimate of drug-likeness (QED) is 0.808. The van der Waals surface area contributed by atoms with Gasteiger partial charge in [0.15, 0.2) is 0 Å². The van der Waals surface area contributed by atoms with Crippen LogP contribution in [0, 0.1) is 5.92 Å². The van der Waals surface area contributed by atoms with E-state index in [4.69, 9.17) is 9.97 Å². The Balaban J connectivity index is 1.43. The largest absolute Gasteiger partial charge is 0.393 e. The molecule has 2 aliphatic carbocycles. The SMILES string of the molecule is CC1CCN(Cc2nc(NC3CCC(O)CC3)c3c4c(sc3n2)CCC4)CC1. The number of aryl methyl sites for hydroxylation is 2. The molecule has 0 spiro atoms. The number of piperidine rings is 1. The summed E-state index contributed by atoms with van der Waals surface area (Å²) in [4.78, 5) is 15.3. The van der Waals surface area contributed by atoms with Crippen LogP contribution in [0.25, 0.3) is 10.2 Å². The summed E-state index contributed by atoms with van der Waals surface area (Å²) < 4.78 is 0. The third kappa shape index (κ3) is 3.79. The molecule has 2 N–H and O–H groups in total. The summed E-state index contributed by atoms with van der Waals surface area (Å²) in [6.45, 7) is 5.54. The zero-order valence-electron chi connectivity index (χ0n) is 16.9. The van der Waals surface area contributed by atoms with Crippen LogP contribution in [0.5, 0.6) is 0 Å². The summed E-state index contributed by atoms with van der Waals surface area (Å²) in [5, 5.41) is 14.9. The molecule has 3 aliphatic rings. The topological polar surface area (TPSA) is 61.3 Å². The minimum Gasteiger partial charge on any atom is -0.393 e. The number of thiophene rings is 1. The fourth-order valence-corrected chi connectivity index (χ4v) is 6.33. The van der Waals surface area contributed by atoms with Crippen LogP contribution in [-0.2, 0) is 19.4 Å². The maximum absolute atomic E-state index is 9.85. The smallest absolute Gasteiger partial charge is 0.146 e. The van der Waals surface area contributed by atoms with Gasteiger partial charge in [0.05, 0.1) is 18.0 Å². The first-order valence-corrected chi connectivity index (χ1v) is 12.0. The lowest BCUT2D eigenvalue weighted by Gasteiger charge is -2.30. The molecule has 2 aromatic rings. The Morgan fingerprint density at radius 1 is 1.07 bits per heavy atom. The molecule has 0 amide bonds. The van der Waals surface area contributed by atoms with Gasteiger partial charge in [-0.2, -0.15) is 0 Å². The first kappa shape index (κ1) is 18.8. The molecule has 6 heteroatoms. The molecule has 0 atom stereocenters. The molecular formula is C22H32N4OS. The van der Waals surface area contributed by atoms with E-state index in [1.54, 1.807) is 0 Å². The van der Waals surface area contributed by atoms with Crippen LogP contribution in [0.4, 0.5) is 5.82 Å². The second kappa shape index (κ2) is 7.88. The molecule has 2 aromatic heterocycles. The number of fused-ring (bicyclic) bond motifs is 3. The number of hydrogen-bond donors (Lipinski definition) is 2. The number of aliphatic hydroxyl groups is 1. The summed E-state index contributed by atoms with van der Waals surface area (Å²) >= 11 is 1.89. The number of nitrogens with one attached hydrogen (secondary N) is 1. The molecular weight excluding hydrogens is 368 g/mol. The lowest BCUT2D eigenvalue weighted by atomic mass is 9.93. The Morgan fingerprint density at radius 2 is 1.86 bits per heavy atom. The van der Waals surface area contributed by atoms with Crippen LogP contribution >= 0.6 is 11.3 Å². The van der Waals surface area contributed by atoms with Crippen molar-refractivity contribution in [3.8, 4) is 0 Å². The van der Waals surface area contributed by atoms with E-state index in [1.807, 2.05) is 11.3 Å². The minimum atomic E-state index is -0.120. The molecule has 3 heterocycles. The number of likely N-dealkylation sites (tertiary alicyclic amines) is 1. The Kier molecular flexibility index (Phi) is 5.28. The van der Waals surface area contributed by atoms with E-state index in [1.165, 1.54) is 52.8 Å². The van der Waals surface area contributed by atoms with E-state index in [9.17, 15) is 5.11 Å². The van der Waals surface area contributed by atoms with E-state index in [-0.39, 0.29) is 6.10 Å². The zero-order chi connectivity index (χ0) is 19.1. The van der Waals surface area contributed by atoms with E-state index >= 15 is 0 Å². The lowest BCUT2D eigenvalue weighted by molar-refractivity contribution is 0.126. The molecule has 5 nitrogen and oxygen atoms in total. The van der Waals surface area contributed by atoms with Crippen molar-refractivity contribution in [3.63, 3.8) is 0 Å². The van der Waals surface area contributed by atoms with Crippen LogP contribution in [-0.4, -0.2) is 45.2 Å². The normalized spacial score (nSPS) is 26.6. The number of hydrogen-bond acceptors (Lipinski definition) is 6. The monoisotopic (exact) mass is 400 g/mol. The van der Waals surface area contributed by atoms with Crippen molar-refractivity contribution in [2.45, 2.75) is 83.4 Å². The molecule has 1 saturated carbocycles. The first-order chi connectivity index (χ1) is 13.7. The van der Waals surface area contributed by atoms with Gasteiger partial charge in [0.25, 0.3) is 0 Å². The van der Waals surface area contributed by atoms with Crippen molar-refractivity contribution in [1.29, 1.82) is 0 Å². The fraction of sp³-hybridized carbons (Fsp3) is 0.727. The highest BCUT2D eigenvalue weighted by molar-refractivity contribution is 7.19. The number of aliphatic hydroxyl groups excluding tert-OH is 1. The highest BCUT2D eigenvalue weighted by Crippen LogP contribution is 2.40. The van der Waals surface area contributed by atoms with Gasteiger partial charge in [-0.1, -0.05) is 6.92 Å². The highest BCUT2D eigenvalue weighted by atomic mass is 32.1. The minimum absolute atomic E-state index is 0.120. The number of nitrogens with zero attached hydrogens (tertiary/aromatic N) is 3. The molecule has 0 bridgehead atoms. The van der Waals surface area contributed by atoms with Gasteiger partial charge in [0.2, 0.25) is 0 Å². The standard InChI is InChI=1S/C22H32N4OS/c1-14-9-11-26(12-10-14)13-19-24-21(23-15-5-7-16(27)8-6-15)20-17-3-2-4-18(17)28-22(20)25-19/h14-16,27H,2-13H2,1H3,(H,23,24,25). The van der Waals surface area contributed by atoms with E-state index < -0.39 is 0 Å². The zero-order valence-corrected chi connectivity index (χ0v) is 17.7. The van der Waals surface area contributed by atoms with Crippen LogP contribution < -0.4 is 5.32 Å². The van der Waals surface area contributed by atoms with Gasteiger partial charge in [-0.05, 0) is 82.4 Å². The van der Waals surface area contributed by atoms with Gasteiger partial charge in [-0.15, -0.1) is 11.3 Å². The van der Waals surface area contributed by atoms with Crippen LogP contribution in [0.15, 0.2) is 0 Å². The molecule has 0 unspecified atom stereocenters. The Bertz CT molecular complexity index is 835. The maximum atomic E-state index is 9.85. The fourth-order valence-electron chi connectivity index (χ4n) is 5.05. The number of rotatable bonds is 4. The van der Waals surface area contributed by atoms with Gasteiger partial charge in [-0.25, -0.2) is 9.97 Å². The lowest BCUT2D eigenvalue weighted by Crippen LogP contribution is -2.33. The van der Waals surface area contributed by atoms with E-state index in [2.05, 4.69) is 17.1 Å². The molecule has 152 valence electrons. The van der Waals surface area contributed by atoms with Gasteiger partial charge in [0, 0.05) is 10.9 Å². The van der Waals surface area contributed by atoms with Crippen molar-refractivity contribution in [3.05, 3.63) is 16.3 Å². The molecule has 5 rings (SSSR count). The van der Waals surface area contributed by atoms with Crippen molar-refractivity contribution >= 4 is 27.4 Å². The predicted molar refractivity (Wildman–Crippen MR) is 115 cm³/mol. The van der Waals surface area contributed by atoms with Crippen molar-refractivity contribution in [2.24, 2.45) is 5.92 Å². The Morgan fingerprint density at radius 3 is 2.64 bits per heavy atom. The average molecular weight is 401 g/mol. The molecule has 1 aliphatic heterocycles. The van der Waals surface area contributed by atoms with Crippen LogP contribution in [0.3, 0.4) is 0 Å². The van der Waals surface area contributed by atoms with Crippen molar-refractivity contribution < 1.29 is 5.11 Å². The summed E-state index contributed by atoms with van der Waals surface area (Å²) in [6.07, 6.45) is 9.92. The Labute approximate surface area is 171 Å². The second-order valence-corrected chi connectivity index (χ2v) is 10.2. The highest BCUT2D eigenvalue weighted by Gasteiger charge is 2.26. The van der Waals surface area contributed by atoms with Gasteiger partial charge >= 0.3 is 0 Å². The number of anilines is 1. The summed E-state index contributed by atoms with van der Waals surface area (Å²) in [7, 11) is 0. The van der Waals surface area contributed by atoms with Gasteiger partial charge < -0.3 is 10.4 Å². The predicted octanol–water partition coefficient (Wildman–Crippen LogP) is 4.13. The van der Waals surface area contributed by atoms with Gasteiger partial charge in [-0.3, -0.25) is 4.90 Å². The van der Waals surface area contributed by atoms with Gasteiger partial charge in [0.1, 0.15) is 16.5 Å². The summed E-state index contributed by atoms with van der Waals surface area (Å²) in [5.41, 5.74) is 1.50. The second-order valence-electron chi connectivity index (χ2n) is 9.13.